The van der Waals surface area contributed by atoms with Crippen LogP contribution in [0.15, 0.2) is 102 Å². The summed E-state index contributed by atoms with van der Waals surface area (Å²) in [7, 11) is -5.25. The highest BCUT2D eigenvalue weighted by molar-refractivity contribution is 7.81. The maximum Gasteiger partial charge on any atom is 0.488 e. The number of hydrogen-bond acceptors (Lipinski definition) is 7. The number of benzene rings is 3. The van der Waals surface area contributed by atoms with Gasteiger partial charge in [-0.3, -0.25) is 4.99 Å². The highest BCUT2D eigenvalue weighted by Crippen LogP contribution is 2.39. The van der Waals surface area contributed by atoms with Crippen LogP contribution in [0, 0.1) is 0 Å². The number of rotatable bonds is 7. The van der Waals surface area contributed by atoms with Crippen molar-refractivity contribution in [3.05, 3.63) is 114 Å². The molecule has 0 saturated heterocycles. The average Bonchev–Trinajstić information content (AvgIpc) is 3.21. The van der Waals surface area contributed by atoms with Crippen LogP contribution in [0.3, 0.4) is 0 Å². The number of nitrogens with zero attached hydrogens (tertiary/aromatic N) is 2. The standard InChI is InChI=1S/C26H20FN3O5S/c27-36(33,34)35-22-9-5-4-8-21(22)24-25(28-20-12-10-18(11-13-20)26(31)32)30-15-14-19(16-23(30)29-24)17-6-2-1-3-7-17/h1-16,24-25,28H,(H,31,32). The van der Waals surface area contributed by atoms with E-state index in [2.05, 4.69) is 9.50 Å². The Hall–Kier alpha value is -4.44. The van der Waals surface area contributed by atoms with Gasteiger partial charge in [-0.25, -0.2) is 4.79 Å². The average molecular weight is 506 g/mol. The molecule has 0 radical (unpaired) electrons. The lowest BCUT2D eigenvalue weighted by atomic mass is 10.0. The van der Waals surface area contributed by atoms with Gasteiger partial charge in [0.25, 0.3) is 0 Å². The quantitative estimate of drug-likeness (QED) is 0.445. The molecule has 8 nitrogen and oxygen atoms in total. The molecule has 0 amide bonds. The maximum atomic E-state index is 13.4. The Morgan fingerprint density at radius 1 is 1.00 bits per heavy atom. The maximum absolute atomic E-state index is 13.4. The molecule has 0 fully saturated rings. The molecule has 2 aliphatic heterocycles. The third-order valence-electron chi connectivity index (χ3n) is 5.81. The molecule has 2 aliphatic rings. The van der Waals surface area contributed by atoms with E-state index in [-0.39, 0.29) is 11.3 Å². The molecular weight excluding hydrogens is 485 g/mol. The van der Waals surface area contributed by atoms with E-state index in [4.69, 9.17) is 4.99 Å². The number of aromatic carboxylic acids is 1. The number of halogens is 1. The molecule has 2 unspecified atom stereocenters. The third-order valence-corrected chi connectivity index (χ3v) is 6.19. The summed E-state index contributed by atoms with van der Waals surface area (Å²) in [6.45, 7) is 0. The number of hydrogen-bond donors (Lipinski definition) is 2. The predicted molar refractivity (Wildman–Crippen MR) is 133 cm³/mol. The SMILES string of the molecule is O=C(O)c1ccc(NC2C(c3ccccc3OS(=O)(=O)F)N=C3C=C(c4ccccc4)C=CN32)cc1. The zero-order chi connectivity index (χ0) is 25.3. The lowest BCUT2D eigenvalue weighted by Gasteiger charge is -2.30. The van der Waals surface area contributed by atoms with Gasteiger partial charge in [0.05, 0.1) is 5.56 Å². The van der Waals surface area contributed by atoms with Gasteiger partial charge in [-0.1, -0.05) is 52.4 Å². The number of anilines is 1. The van der Waals surface area contributed by atoms with Crippen molar-refractivity contribution in [1.29, 1.82) is 0 Å². The van der Waals surface area contributed by atoms with Gasteiger partial charge in [-0.15, -0.1) is 0 Å². The van der Waals surface area contributed by atoms with Crippen LogP contribution < -0.4 is 9.50 Å². The second-order valence-corrected chi connectivity index (χ2v) is 9.06. The lowest BCUT2D eigenvalue weighted by molar-refractivity contribution is 0.0697. The summed E-state index contributed by atoms with van der Waals surface area (Å²) in [6.07, 6.45) is 5.16. The fraction of sp³-hybridized carbons (Fsp3) is 0.0769. The second kappa shape index (κ2) is 9.31. The van der Waals surface area contributed by atoms with Crippen molar-refractivity contribution in [2.24, 2.45) is 4.99 Å². The van der Waals surface area contributed by atoms with E-state index in [1.54, 1.807) is 30.3 Å². The van der Waals surface area contributed by atoms with Crippen molar-refractivity contribution in [1.82, 2.24) is 4.90 Å². The number of aliphatic imine (C=N–C) groups is 1. The predicted octanol–water partition coefficient (Wildman–Crippen LogP) is 4.78. The molecule has 0 saturated carbocycles. The summed E-state index contributed by atoms with van der Waals surface area (Å²) in [6, 6.07) is 21.5. The van der Waals surface area contributed by atoms with E-state index in [0.717, 1.165) is 11.1 Å². The second-order valence-electron chi connectivity index (χ2n) is 8.11. The molecule has 2 heterocycles. The van der Waals surface area contributed by atoms with E-state index in [1.807, 2.05) is 53.6 Å². The number of fused-ring (bicyclic) bond motifs is 1. The van der Waals surface area contributed by atoms with E-state index in [0.29, 0.717) is 17.1 Å². The van der Waals surface area contributed by atoms with Crippen LogP contribution in [-0.2, 0) is 10.5 Å². The monoisotopic (exact) mass is 505 g/mol. The van der Waals surface area contributed by atoms with Crippen LogP contribution in [0.1, 0.15) is 27.5 Å². The minimum absolute atomic E-state index is 0.140. The Morgan fingerprint density at radius 3 is 2.39 bits per heavy atom. The molecule has 182 valence electrons. The molecule has 0 aromatic heterocycles. The minimum atomic E-state index is -5.25. The van der Waals surface area contributed by atoms with Crippen LogP contribution in [-0.4, -0.2) is 36.4 Å². The van der Waals surface area contributed by atoms with E-state index in [9.17, 15) is 22.2 Å². The smallest absolute Gasteiger partial charge is 0.478 e. The summed E-state index contributed by atoms with van der Waals surface area (Å²) < 4.78 is 40.6. The number of allylic oxidation sites excluding steroid dienone is 2. The number of carboxylic acid groups (broad SMARTS) is 1. The first-order valence-corrected chi connectivity index (χ1v) is 12.2. The van der Waals surface area contributed by atoms with Gasteiger partial charge in [0, 0.05) is 17.5 Å². The fourth-order valence-corrected chi connectivity index (χ4v) is 4.56. The molecule has 2 N–H and O–H groups in total. The Morgan fingerprint density at radius 2 is 1.69 bits per heavy atom. The topological polar surface area (TPSA) is 108 Å². The third kappa shape index (κ3) is 4.84. The summed E-state index contributed by atoms with van der Waals surface area (Å²) in [5.74, 6) is -0.598. The summed E-state index contributed by atoms with van der Waals surface area (Å²) >= 11 is 0. The molecule has 36 heavy (non-hydrogen) atoms. The van der Waals surface area contributed by atoms with E-state index in [1.165, 1.54) is 18.2 Å². The number of amidine groups is 1. The van der Waals surface area contributed by atoms with Gasteiger partial charge in [0.1, 0.15) is 18.0 Å². The van der Waals surface area contributed by atoms with Crippen molar-refractivity contribution >= 4 is 33.6 Å². The van der Waals surface area contributed by atoms with Crippen LogP contribution in [0.4, 0.5) is 9.57 Å². The lowest BCUT2D eigenvalue weighted by Crippen LogP contribution is -2.39. The Kier molecular flexibility index (Phi) is 6.03. The molecule has 10 heteroatoms. The number of carbonyl (C=O) groups is 1. The molecule has 5 rings (SSSR count). The van der Waals surface area contributed by atoms with Gasteiger partial charge >= 0.3 is 16.5 Å². The summed E-state index contributed by atoms with van der Waals surface area (Å²) in [4.78, 5) is 17.9. The van der Waals surface area contributed by atoms with Crippen molar-refractivity contribution in [2.45, 2.75) is 12.2 Å². The normalized spacial score (nSPS) is 18.8. The van der Waals surface area contributed by atoms with Gasteiger partial charge in [0.15, 0.2) is 5.75 Å². The van der Waals surface area contributed by atoms with Crippen LogP contribution in [0.5, 0.6) is 5.75 Å². The fourth-order valence-electron chi connectivity index (χ4n) is 4.19. The van der Waals surface area contributed by atoms with Crippen LogP contribution in [0.25, 0.3) is 5.57 Å². The molecular formula is C26H20FN3O5S. The van der Waals surface area contributed by atoms with Crippen LogP contribution in [0.2, 0.25) is 0 Å². The summed E-state index contributed by atoms with van der Waals surface area (Å²) in [5.41, 5.74) is 3.06. The van der Waals surface area contributed by atoms with Crippen molar-refractivity contribution < 1.29 is 26.4 Å². The molecule has 0 spiro atoms. The Bertz CT molecular complexity index is 1500. The molecule has 3 aromatic carbocycles. The highest BCUT2D eigenvalue weighted by atomic mass is 32.3. The number of nitrogens with one attached hydrogen (secondary N) is 1. The first-order valence-electron chi connectivity index (χ1n) is 10.9. The molecule has 3 aromatic rings. The molecule has 0 bridgehead atoms. The molecule has 2 atom stereocenters. The summed E-state index contributed by atoms with van der Waals surface area (Å²) in [5, 5.41) is 12.5. The number of carboxylic acids is 1. The molecule has 0 aliphatic carbocycles. The Labute approximate surface area is 207 Å². The van der Waals surface area contributed by atoms with Crippen molar-refractivity contribution in [3.8, 4) is 5.75 Å². The zero-order valence-corrected chi connectivity index (χ0v) is 19.5. The minimum Gasteiger partial charge on any atom is -0.478 e. The van der Waals surface area contributed by atoms with Gasteiger partial charge in [-0.05, 0) is 53.6 Å². The largest absolute Gasteiger partial charge is 0.488 e. The van der Waals surface area contributed by atoms with Gasteiger partial charge in [0.2, 0.25) is 0 Å². The first kappa shape index (κ1) is 23.3. The van der Waals surface area contributed by atoms with Gasteiger partial charge in [-0.2, -0.15) is 8.42 Å². The Balaban J connectivity index is 1.55. The first-order chi connectivity index (χ1) is 17.3. The highest BCUT2D eigenvalue weighted by Gasteiger charge is 2.38. The van der Waals surface area contributed by atoms with E-state index >= 15 is 0 Å². The number of para-hydroxylation sites is 1. The van der Waals surface area contributed by atoms with Crippen molar-refractivity contribution in [3.63, 3.8) is 0 Å². The van der Waals surface area contributed by atoms with Crippen LogP contribution >= 0.6 is 0 Å². The zero-order valence-electron chi connectivity index (χ0n) is 18.7. The van der Waals surface area contributed by atoms with Gasteiger partial charge < -0.3 is 19.5 Å². The van der Waals surface area contributed by atoms with Crippen molar-refractivity contribution in [2.75, 3.05) is 5.32 Å². The van der Waals surface area contributed by atoms with E-state index < -0.39 is 28.7 Å².